The van der Waals surface area contributed by atoms with E-state index in [0.29, 0.717) is 28.7 Å². The zero-order chi connectivity index (χ0) is 13.8. The quantitative estimate of drug-likeness (QED) is 0.809. The number of aliphatic hydroxyl groups excluding tert-OH is 1. The molecule has 0 spiro atoms. The van der Waals surface area contributed by atoms with Gasteiger partial charge < -0.3 is 14.8 Å². The first-order chi connectivity index (χ1) is 9.15. The van der Waals surface area contributed by atoms with Crippen molar-refractivity contribution >= 4 is 0 Å². The predicted molar refractivity (Wildman–Crippen MR) is 68.0 cm³/mol. The van der Waals surface area contributed by atoms with Crippen LogP contribution in [0.4, 0.5) is 0 Å². The molecule has 100 valence electrons. The summed E-state index contributed by atoms with van der Waals surface area (Å²) < 4.78 is 5.00. The highest BCUT2D eigenvalue weighted by atomic mass is 16.5. The van der Waals surface area contributed by atoms with Gasteiger partial charge in [-0.05, 0) is 6.92 Å². The van der Waals surface area contributed by atoms with Gasteiger partial charge in [0.2, 0.25) is 5.88 Å². The summed E-state index contributed by atoms with van der Waals surface area (Å²) in [6.07, 6.45) is 1.62. The molecule has 0 aliphatic heterocycles. The fraction of sp³-hybridized carbons (Fsp3) is 0.333. The number of nitrogens with zero attached hydrogens (tertiary/aromatic N) is 3. The molecule has 0 fully saturated rings. The van der Waals surface area contributed by atoms with Crippen LogP contribution in [0, 0.1) is 6.92 Å². The van der Waals surface area contributed by atoms with E-state index < -0.39 is 0 Å². The molecule has 0 aromatic carbocycles. The molecule has 0 radical (unpaired) electrons. The summed E-state index contributed by atoms with van der Waals surface area (Å²) in [7, 11) is 1.50. The Hall–Kier alpha value is -2.28. The molecule has 2 rings (SSSR count). The summed E-state index contributed by atoms with van der Waals surface area (Å²) in [6, 6.07) is 1.59. The van der Waals surface area contributed by atoms with Gasteiger partial charge in [0, 0.05) is 30.4 Å². The van der Waals surface area contributed by atoms with Crippen LogP contribution in [-0.4, -0.2) is 38.8 Å². The largest absolute Gasteiger partial charge is 0.481 e. The van der Waals surface area contributed by atoms with Crippen molar-refractivity contribution in [2.75, 3.05) is 13.7 Å². The normalized spacial score (nSPS) is 10.5. The summed E-state index contributed by atoms with van der Waals surface area (Å²) >= 11 is 0. The Labute approximate surface area is 109 Å². The van der Waals surface area contributed by atoms with Crippen LogP contribution < -0.4 is 10.3 Å². The molecule has 0 aliphatic carbocycles. The number of aryl methyl sites for hydroxylation is 1. The van der Waals surface area contributed by atoms with Crippen molar-refractivity contribution in [2.24, 2.45) is 0 Å². The molecular formula is C12H14N4O3. The second-order valence-electron chi connectivity index (χ2n) is 3.90. The molecule has 0 atom stereocenters. The first kappa shape index (κ1) is 13.2. The SMILES string of the molecule is COc1cc(-c2nc(C)c(CCO)c(=O)[nH]2)ncn1. The average Bonchev–Trinajstić information content (AvgIpc) is 2.42. The number of methoxy groups -OCH3 is 1. The summed E-state index contributed by atoms with van der Waals surface area (Å²) in [5.74, 6) is 0.745. The maximum atomic E-state index is 11.9. The number of rotatable bonds is 4. The van der Waals surface area contributed by atoms with E-state index in [2.05, 4.69) is 19.9 Å². The number of nitrogens with one attached hydrogen (secondary N) is 1. The minimum atomic E-state index is -0.269. The third-order valence-corrected chi connectivity index (χ3v) is 2.68. The fourth-order valence-corrected chi connectivity index (χ4v) is 1.72. The molecule has 0 saturated carbocycles. The second-order valence-corrected chi connectivity index (χ2v) is 3.90. The molecule has 2 aromatic rings. The lowest BCUT2D eigenvalue weighted by atomic mass is 10.2. The van der Waals surface area contributed by atoms with Crippen molar-refractivity contribution < 1.29 is 9.84 Å². The number of aliphatic hydroxyl groups is 1. The van der Waals surface area contributed by atoms with Gasteiger partial charge in [0.05, 0.1) is 7.11 Å². The molecule has 2 N–H and O–H groups in total. The molecule has 7 heteroatoms. The molecule has 0 saturated heterocycles. The van der Waals surface area contributed by atoms with Crippen molar-refractivity contribution in [3.05, 3.63) is 34.0 Å². The predicted octanol–water partition coefficient (Wildman–Crippen LogP) is 0.0787. The van der Waals surface area contributed by atoms with Gasteiger partial charge in [-0.15, -0.1) is 0 Å². The summed E-state index contributed by atoms with van der Waals surface area (Å²) in [5.41, 5.74) is 1.26. The zero-order valence-corrected chi connectivity index (χ0v) is 10.7. The second kappa shape index (κ2) is 5.57. The zero-order valence-electron chi connectivity index (χ0n) is 10.7. The lowest BCUT2D eigenvalue weighted by molar-refractivity contribution is 0.298. The standard InChI is InChI=1S/C12H14N4O3/c1-7-8(3-4-17)12(18)16-11(15-7)9-5-10(19-2)14-6-13-9/h5-6,17H,3-4H2,1-2H3,(H,15,16,18). The van der Waals surface area contributed by atoms with Gasteiger partial charge in [0.1, 0.15) is 12.0 Å². The number of ether oxygens (including phenoxy) is 1. The van der Waals surface area contributed by atoms with Gasteiger partial charge in [-0.2, -0.15) is 0 Å². The minimum absolute atomic E-state index is 0.0910. The van der Waals surface area contributed by atoms with Crippen LogP contribution in [0.1, 0.15) is 11.3 Å². The topological polar surface area (TPSA) is 101 Å². The van der Waals surface area contributed by atoms with Gasteiger partial charge in [-0.1, -0.05) is 0 Å². The summed E-state index contributed by atoms with van der Waals surface area (Å²) in [6.45, 7) is 1.63. The van der Waals surface area contributed by atoms with Gasteiger partial charge >= 0.3 is 0 Å². The van der Waals surface area contributed by atoms with E-state index in [1.54, 1.807) is 13.0 Å². The molecule has 0 unspecified atom stereocenters. The minimum Gasteiger partial charge on any atom is -0.481 e. The Balaban J connectivity index is 2.48. The van der Waals surface area contributed by atoms with Crippen molar-refractivity contribution in [3.8, 4) is 17.4 Å². The molecule has 0 amide bonds. The van der Waals surface area contributed by atoms with Gasteiger partial charge in [0.15, 0.2) is 5.82 Å². The van der Waals surface area contributed by atoms with Crippen molar-refractivity contribution in [3.63, 3.8) is 0 Å². The first-order valence-electron chi connectivity index (χ1n) is 5.72. The van der Waals surface area contributed by atoms with Gasteiger partial charge in [0.25, 0.3) is 5.56 Å². The number of hydrogen-bond acceptors (Lipinski definition) is 6. The van der Waals surface area contributed by atoms with E-state index in [4.69, 9.17) is 9.84 Å². The number of H-pyrrole nitrogens is 1. The Kier molecular flexibility index (Phi) is 3.86. The molecular weight excluding hydrogens is 248 g/mol. The van der Waals surface area contributed by atoms with E-state index in [-0.39, 0.29) is 18.6 Å². The van der Waals surface area contributed by atoms with E-state index in [0.717, 1.165) is 0 Å². The van der Waals surface area contributed by atoms with E-state index >= 15 is 0 Å². The Morgan fingerprint density at radius 2 is 2.21 bits per heavy atom. The Morgan fingerprint density at radius 1 is 1.42 bits per heavy atom. The fourth-order valence-electron chi connectivity index (χ4n) is 1.72. The van der Waals surface area contributed by atoms with E-state index in [1.807, 2.05) is 0 Å². The molecule has 7 nitrogen and oxygen atoms in total. The Bertz CT molecular complexity index is 639. The molecule has 2 aromatic heterocycles. The monoisotopic (exact) mass is 262 g/mol. The van der Waals surface area contributed by atoms with Crippen LogP contribution in [0.5, 0.6) is 5.88 Å². The van der Waals surface area contributed by atoms with E-state index in [9.17, 15) is 4.79 Å². The van der Waals surface area contributed by atoms with E-state index in [1.165, 1.54) is 13.4 Å². The average molecular weight is 262 g/mol. The molecule has 0 aliphatic rings. The number of aromatic nitrogens is 4. The van der Waals surface area contributed by atoms with Gasteiger partial charge in [-0.25, -0.2) is 15.0 Å². The third kappa shape index (κ3) is 2.76. The third-order valence-electron chi connectivity index (χ3n) is 2.68. The van der Waals surface area contributed by atoms with Crippen LogP contribution in [0.3, 0.4) is 0 Å². The number of hydrogen-bond donors (Lipinski definition) is 2. The molecule has 0 bridgehead atoms. The Morgan fingerprint density at radius 3 is 2.84 bits per heavy atom. The highest BCUT2D eigenvalue weighted by molar-refractivity contribution is 5.50. The molecule has 2 heterocycles. The lowest BCUT2D eigenvalue weighted by Crippen LogP contribution is -2.18. The van der Waals surface area contributed by atoms with Crippen LogP contribution in [-0.2, 0) is 6.42 Å². The van der Waals surface area contributed by atoms with Crippen molar-refractivity contribution in [1.29, 1.82) is 0 Å². The molecule has 19 heavy (non-hydrogen) atoms. The maximum absolute atomic E-state index is 11.9. The highest BCUT2D eigenvalue weighted by Gasteiger charge is 2.10. The number of aromatic amines is 1. The van der Waals surface area contributed by atoms with Crippen molar-refractivity contribution in [1.82, 2.24) is 19.9 Å². The highest BCUT2D eigenvalue weighted by Crippen LogP contribution is 2.15. The first-order valence-corrected chi connectivity index (χ1v) is 5.72. The lowest BCUT2D eigenvalue weighted by Gasteiger charge is -2.06. The van der Waals surface area contributed by atoms with Crippen LogP contribution >= 0.6 is 0 Å². The van der Waals surface area contributed by atoms with Crippen molar-refractivity contribution in [2.45, 2.75) is 13.3 Å². The summed E-state index contributed by atoms with van der Waals surface area (Å²) in [4.78, 5) is 26.8. The van der Waals surface area contributed by atoms with Gasteiger partial charge in [-0.3, -0.25) is 4.79 Å². The van der Waals surface area contributed by atoms with Crippen LogP contribution in [0.15, 0.2) is 17.2 Å². The smallest absolute Gasteiger partial charge is 0.254 e. The van der Waals surface area contributed by atoms with Crippen LogP contribution in [0.2, 0.25) is 0 Å². The maximum Gasteiger partial charge on any atom is 0.254 e. The van der Waals surface area contributed by atoms with Crippen LogP contribution in [0.25, 0.3) is 11.5 Å². The summed E-state index contributed by atoms with van der Waals surface area (Å²) in [5, 5.41) is 8.91.